The van der Waals surface area contributed by atoms with E-state index in [1.807, 2.05) is 91.9 Å². The number of benzene rings is 3. The number of rotatable bonds is 8. The van der Waals surface area contributed by atoms with Gasteiger partial charge in [0.05, 0.1) is 28.3 Å². The molecular formula is C31H30N4O2S. The highest BCUT2D eigenvalue weighted by molar-refractivity contribution is 8.03. The molecule has 0 bridgehead atoms. The number of carbonyl (C=O) groups is 2. The number of hydrogen-bond donors (Lipinski definition) is 3. The molecule has 0 aliphatic carbocycles. The Balaban J connectivity index is 1.56. The maximum atomic E-state index is 13.5. The van der Waals surface area contributed by atoms with Crippen molar-refractivity contribution in [2.75, 3.05) is 16.4 Å². The lowest BCUT2D eigenvalue weighted by Gasteiger charge is -2.29. The topological polar surface area (TPSA) is 94.0 Å². The lowest BCUT2D eigenvalue weighted by molar-refractivity contribution is -0.114. The molecule has 4 rings (SSSR count). The molecule has 38 heavy (non-hydrogen) atoms. The van der Waals surface area contributed by atoms with Crippen LogP contribution in [0.3, 0.4) is 0 Å². The summed E-state index contributed by atoms with van der Waals surface area (Å²) >= 11 is 1.25. The highest BCUT2D eigenvalue weighted by Crippen LogP contribution is 2.41. The van der Waals surface area contributed by atoms with E-state index in [0.717, 1.165) is 11.3 Å². The summed E-state index contributed by atoms with van der Waals surface area (Å²) in [6.45, 7) is 6.07. The van der Waals surface area contributed by atoms with Gasteiger partial charge < -0.3 is 16.0 Å². The monoisotopic (exact) mass is 522 g/mol. The van der Waals surface area contributed by atoms with Crippen molar-refractivity contribution < 1.29 is 9.59 Å². The van der Waals surface area contributed by atoms with Crippen molar-refractivity contribution in [1.82, 2.24) is 5.32 Å². The fourth-order valence-electron chi connectivity index (χ4n) is 4.31. The van der Waals surface area contributed by atoms with Crippen LogP contribution in [-0.4, -0.2) is 17.6 Å². The Morgan fingerprint density at radius 2 is 1.53 bits per heavy atom. The minimum Gasteiger partial charge on any atom is -0.353 e. The van der Waals surface area contributed by atoms with Crippen LogP contribution in [0.5, 0.6) is 0 Å². The number of para-hydroxylation sites is 1. The molecule has 1 atom stereocenters. The van der Waals surface area contributed by atoms with E-state index in [-0.39, 0.29) is 17.6 Å². The number of anilines is 2. The zero-order chi connectivity index (χ0) is 27.1. The molecule has 0 unspecified atom stereocenters. The Kier molecular flexibility index (Phi) is 8.67. The molecule has 0 fully saturated rings. The molecule has 7 heteroatoms. The Bertz CT molecular complexity index is 1410. The fourth-order valence-corrected chi connectivity index (χ4v) is 5.20. The normalized spacial score (nSPS) is 15.1. The average molecular weight is 523 g/mol. The molecule has 2 amide bonds. The molecule has 1 aliphatic rings. The van der Waals surface area contributed by atoms with Crippen LogP contribution in [0.2, 0.25) is 0 Å². The van der Waals surface area contributed by atoms with Gasteiger partial charge in [0.25, 0.3) is 5.91 Å². The van der Waals surface area contributed by atoms with Crippen molar-refractivity contribution in [3.8, 4) is 6.07 Å². The lowest BCUT2D eigenvalue weighted by Crippen LogP contribution is -2.31. The van der Waals surface area contributed by atoms with Gasteiger partial charge in [0.15, 0.2) is 0 Å². The van der Waals surface area contributed by atoms with Crippen molar-refractivity contribution in [3.63, 3.8) is 0 Å². The second-order valence-corrected chi connectivity index (χ2v) is 10.3. The molecule has 192 valence electrons. The van der Waals surface area contributed by atoms with Gasteiger partial charge in [0.1, 0.15) is 0 Å². The van der Waals surface area contributed by atoms with Gasteiger partial charge in [-0.05, 0) is 48.2 Å². The smallest absolute Gasteiger partial charge is 0.254 e. The van der Waals surface area contributed by atoms with Gasteiger partial charge in [0.2, 0.25) is 5.91 Å². The minimum absolute atomic E-state index is 0.111. The standard InChI is InChI=1S/C31H30N4O2S/c1-20(2)22-14-16-25(17-15-22)34-27(36)19-38-31-26(18-32)29(23-10-6-4-7-11-23)28(21(3)33-31)30(37)35-24-12-8-5-9-13-24/h4-17,20,29,33H,19H2,1-3H3,(H,34,36)(H,35,37)/t29-/m1/s1. The second-order valence-electron chi connectivity index (χ2n) is 9.30. The number of dihydropyridines is 1. The maximum absolute atomic E-state index is 13.5. The first-order valence-electron chi connectivity index (χ1n) is 12.4. The summed E-state index contributed by atoms with van der Waals surface area (Å²) in [4.78, 5) is 26.2. The van der Waals surface area contributed by atoms with Crippen LogP contribution >= 0.6 is 11.8 Å². The number of thioether (sulfide) groups is 1. The average Bonchev–Trinajstić information content (AvgIpc) is 2.92. The Morgan fingerprint density at radius 3 is 2.13 bits per heavy atom. The van der Waals surface area contributed by atoms with E-state index in [4.69, 9.17) is 0 Å². The zero-order valence-electron chi connectivity index (χ0n) is 21.6. The summed E-state index contributed by atoms with van der Waals surface area (Å²) in [6.07, 6.45) is 0. The molecule has 0 radical (unpaired) electrons. The third kappa shape index (κ3) is 6.34. The van der Waals surface area contributed by atoms with Crippen LogP contribution < -0.4 is 16.0 Å². The molecule has 0 spiro atoms. The first-order chi connectivity index (χ1) is 18.4. The first kappa shape index (κ1) is 26.8. The van der Waals surface area contributed by atoms with Crippen LogP contribution in [0.1, 0.15) is 43.7 Å². The number of allylic oxidation sites excluding steroid dienone is 2. The number of amides is 2. The predicted molar refractivity (Wildman–Crippen MR) is 154 cm³/mol. The van der Waals surface area contributed by atoms with Gasteiger partial charge in [-0.3, -0.25) is 9.59 Å². The molecule has 0 aromatic heterocycles. The van der Waals surface area contributed by atoms with Crippen molar-refractivity contribution in [2.45, 2.75) is 32.6 Å². The third-order valence-corrected chi connectivity index (χ3v) is 7.28. The number of nitrogens with one attached hydrogen (secondary N) is 3. The molecule has 3 N–H and O–H groups in total. The quantitative estimate of drug-likeness (QED) is 0.313. The van der Waals surface area contributed by atoms with E-state index in [1.165, 1.54) is 17.3 Å². The maximum Gasteiger partial charge on any atom is 0.254 e. The second kappa shape index (κ2) is 12.3. The van der Waals surface area contributed by atoms with E-state index < -0.39 is 5.92 Å². The van der Waals surface area contributed by atoms with Crippen LogP contribution in [0, 0.1) is 11.3 Å². The van der Waals surface area contributed by atoms with Crippen molar-refractivity contribution in [2.24, 2.45) is 0 Å². The van der Waals surface area contributed by atoms with E-state index in [1.54, 1.807) is 0 Å². The third-order valence-electron chi connectivity index (χ3n) is 6.27. The van der Waals surface area contributed by atoms with Crippen LogP contribution in [0.25, 0.3) is 0 Å². The highest BCUT2D eigenvalue weighted by Gasteiger charge is 2.34. The van der Waals surface area contributed by atoms with Crippen molar-refractivity contribution in [1.29, 1.82) is 5.26 Å². The van der Waals surface area contributed by atoms with Crippen LogP contribution in [0.4, 0.5) is 11.4 Å². The summed E-state index contributed by atoms with van der Waals surface area (Å²) in [5.41, 5.74) is 4.94. The molecule has 3 aromatic rings. The van der Waals surface area contributed by atoms with E-state index in [9.17, 15) is 14.9 Å². The molecule has 0 saturated heterocycles. The Hall–Kier alpha value is -4.28. The SMILES string of the molecule is CC1=C(C(=O)Nc2ccccc2)[C@H](c2ccccc2)C(C#N)=C(SCC(=O)Nc2ccc(C(C)C)cc2)N1. The van der Waals surface area contributed by atoms with Crippen LogP contribution in [0.15, 0.2) is 107 Å². The largest absolute Gasteiger partial charge is 0.353 e. The lowest BCUT2D eigenvalue weighted by atomic mass is 9.82. The van der Waals surface area contributed by atoms with Crippen molar-refractivity contribution in [3.05, 3.63) is 118 Å². The van der Waals surface area contributed by atoms with E-state index in [2.05, 4.69) is 35.9 Å². The summed E-state index contributed by atoms with van der Waals surface area (Å²) in [7, 11) is 0. The van der Waals surface area contributed by atoms with E-state index >= 15 is 0 Å². The number of carbonyl (C=O) groups excluding carboxylic acids is 2. The van der Waals surface area contributed by atoms with E-state index in [0.29, 0.717) is 33.5 Å². The highest BCUT2D eigenvalue weighted by atomic mass is 32.2. The zero-order valence-corrected chi connectivity index (χ0v) is 22.4. The van der Waals surface area contributed by atoms with Crippen molar-refractivity contribution >= 4 is 35.0 Å². The molecular weight excluding hydrogens is 492 g/mol. The van der Waals surface area contributed by atoms with Gasteiger partial charge >= 0.3 is 0 Å². The number of hydrogen-bond acceptors (Lipinski definition) is 5. The fraction of sp³-hybridized carbons (Fsp3) is 0.194. The summed E-state index contributed by atoms with van der Waals surface area (Å²) in [5.74, 6) is -0.503. The van der Waals surface area contributed by atoms with Gasteiger partial charge in [-0.15, -0.1) is 0 Å². The van der Waals surface area contributed by atoms with Gasteiger partial charge in [-0.1, -0.05) is 86.3 Å². The first-order valence-corrected chi connectivity index (χ1v) is 13.4. The van der Waals surface area contributed by atoms with Gasteiger partial charge in [-0.25, -0.2) is 0 Å². The summed E-state index contributed by atoms with van der Waals surface area (Å²) < 4.78 is 0. The molecule has 1 aliphatic heterocycles. The predicted octanol–water partition coefficient (Wildman–Crippen LogP) is 6.52. The minimum atomic E-state index is -0.569. The molecule has 1 heterocycles. The van der Waals surface area contributed by atoms with Crippen LogP contribution in [-0.2, 0) is 9.59 Å². The molecule has 6 nitrogen and oxygen atoms in total. The Morgan fingerprint density at radius 1 is 0.921 bits per heavy atom. The number of nitriles is 1. The summed E-state index contributed by atoms with van der Waals surface area (Å²) in [6, 6.07) is 28.8. The van der Waals surface area contributed by atoms with Gasteiger partial charge in [-0.2, -0.15) is 5.26 Å². The number of nitrogens with zero attached hydrogens (tertiary/aromatic N) is 1. The Labute approximate surface area is 227 Å². The molecule has 3 aromatic carbocycles. The van der Waals surface area contributed by atoms with Gasteiger partial charge in [0, 0.05) is 22.6 Å². The summed E-state index contributed by atoms with van der Waals surface area (Å²) in [5, 5.41) is 19.9. The molecule has 0 saturated carbocycles.